The van der Waals surface area contributed by atoms with Crippen LogP contribution in [0.3, 0.4) is 0 Å². The van der Waals surface area contributed by atoms with Crippen molar-refractivity contribution in [2.45, 2.75) is 4.90 Å². The van der Waals surface area contributed by atoms with Crippen molar-refractivity contribution in [1.82, 2.24) is 0 Å². The standard InChI is InChI=1S/C13H14N2O2S/c1-14-11-7-9-13(10-8-11)18(16,17)15-12-5-3-2-4-6-12/h2-10,14-15H,1H3. The van der Waals surface area contributed by atoms with E-state index in [1.165, 1.54) is 0 Å². The Morgan fingerprint density at radius 3 is 2.00 bits per heavy atom. The molecular formula is C13H14N2O2S. The zero-order valence-corrected chi connectivity index (χ0v) is 10.7. The lowest BCUT2D eigenvalue weighted by Crippen LogP contribution is -2.12. The summed E-state index contributed by atoms with van der Waals surface area (Å²) in [5, 5.41) is 2.94. The van der Waals surface area contributed by atoms with Gasteiger partial charge >= 0.3 is 0 Å². The lowest BCUT2D eigenvalue weighted by molar-refractivity contribution is 0.601. The van der Waals surface area contributed by atoms with Crippen molar-refractivity contribution in [1.29, 1.82) is 0 Å². The molecule has 2 rings (SSSR count). The monoisotopic (exact) mass is 262 g/mol. The molecule has 0 fully saturated rings. The van der Waals surface area contributed by atoms with E-state index in [0.29, 0.717) is 5.69 Å². The number of nitrogens with one attached hydrogen (secondary N) is 2. The van der Waals surface area contributed by atoms with Crippen LogP contribution in [0.4, 0.5) is 11.4 Å². The highest BCUT2D eigenvalue weighted by Gasteiger charge is 2.13. The smallest absolute Gasteiger partial charge is 0.261 e. The number of para-hydroxylation sites is 1. The highest BCUT2D eigenvalue weighted by Crippen LogP contribution is 2.17. The average molecular weight is 262 g/mol. The number of sulfonamides is 1. The van der Waals surface area contributed by atoms with Crippen LogP contribution < -0.4 is 10.0 Å². The van der Waals surface area contributed by atoms with E-state index < -0.39 is 10.0 Å². The summed E-state index contributed by atoms with van der Waals surface area (Å²) >= 11 is 0. The maximum absolute atomic E-state index is 12.1. The van der Waals surface area contributed by atoms with Crippen molar-refractivity contribution in [2.75, 3.05) is 17.1 Å². The number of hydrogen-bond acceptors (Lipinski definition) is 3. The lowest BCUT2D eigenvalue weighted by atomic mass is 10.3. The molecule has 5 heteroatoms. The molecule has 0 radical (unpaired) electrons. The van der Waals surface area contributed by atoms with Gasteiger partial charge in [-0.05, 0) is 36.4 Å². The van der Waals surface area contributed by atoms with Crippen molar-refractivity contribution in [3.05, 3.63) is 54.6 Å². The summed E-state index contributed by atoms with van der Waals surface area (Å²) in [6.45, 7) is 0. The van der Waals surface area contributed by atoms with Gasteiger partial charge in [-0.25, -0.2) is 8.42 Å². The fraction of sp³-hybridized carbons (Fsp3) is 0.0769. The van der Waals surface area contributed by atoms with Crippen LogP contribution in [0, 0.1) is 0 Å². The first kappa shape index (κ1) is 12.4. The summed E-state index contributed by atoms with van der Waals surface area (Å²) in [6, 6.07) is 15.4. The van der Waals surface area contributed by atoms with Crippen LogP contribution >= 0.6 is 0 Å². The van der Waals surface area contributed by atoms with Crippen LogP contribution in [0.2, 0.25) is 0 Å². The molecule has 2 N–H and O–H groups in total. The fourth-order valence-corrected chi connectivity index (χ4v) is 2.58. The second-order valence-electron chi connectivity index (χ2n) is 3.75. The second-order valence-corrected chi connectivity index (χ2v) is 5.43. The molecule has 0 aliphatic carbocycles. The van der Waals surface area contributed by atoms with Crippen molar-refractivity contribution < 1.29 is 8.42 Å². The van der Waals surface area contributed by atoms with Crippen LogP contribution in [-0.4, -0.2) is 15.5 Å². The fourth-order valence-electron chi connectivity index (χ4n) is 1.52. The van der Waals surface area contributed by atoms with E-state index in [0.717, 1.165) is 5.69 Å². The summed E-state index contributed by atoms with van der Waals surface area (Å²) in [4.78, 5) is 0.241. The summed E-state index contributed by atoms with van der Waals surface area (Å²) < 4.78 is 26.7. The maximum atomic E-state index is 12.1. The van der Waals surface area contributed by atoms with Gasteiger partial charge in [0.1, 0.15) is 0 Å². The normalized spacial score (nSPS) is 10.9. The molecule has 4 nitrogen and oxygen atoms in total. The van der Waals surface area contributed by atoms with Gasteiger partial charge < -0.3 is 5.32 Å². The first-order chi connectivity index (χ1) is 8.62. The minimum atomic E-state index is -3.52. The highest BCUT2D eigenvalue weighted by atomic mass is 32.2. The van der Waals surface area contributed by atoms with Crippen LogP contribution in [0.1, 0.15) is 0 Å². The Labute approximate surface area is 107 Å². The Hall–Kier alpha value is -2.01. The summed E-state index contributed by atoms with van der Waals surface area (Å²) in [5.74, 6) is 0. The molecule has 94 valence electrons. The summed E-state index contributed by atoms with van der Waals surface area (Å²) in [6.07, 6.45) is 0. The molecule has 0 heterocycles. The van der Waals surface area contributed by atoms with E-state index in [4.69, 9.17) is 0 Å². The van der Waals surface area contributed by atoms with Gasteiger partial charge in [-0.1, -0.05) is 18.2 Å². The summed E-state index contributed by atoms with van der Waals surface area (Å²) in [7, 11) is -1.73. The third-order valence-corrected chi connectivity index (χ3v) is 3.88. The van der Waals surface area contributed by atoms with Gasteiger partial charge in [-0.2, -0.15) is 0 Å². The minimum absolute atomic E-state index is 0.241. The zero-order valence-electron chi connectivity index (χ0n) is 9.92. The quantitative estimate of drug-likeness (QED) is 0.890. The van der Waals surface area contributed by atoms with E-state index in [1.807, 2.05) is 6.07 Å². The first-order valence-electron chi connectivity index (χ1n) is 5.47. The van der Waals surface area contributed by atoms with Crippen LogP contribution in [0.15, 0.2) is 59.5 Å². The molecule has 0 amide bonds. The molecule has 18 heavy (non-hydrogen) atoms. The van der Waals surface area contributed by atoms with E-state index in [2.05, 4.69) is 10.0 Å². The zero-order chi connectivity index (χ0) is 13.0. The van der Waals surface area contributed by atoms with Crippen LogP contribution in [-0.2, 0) is 10.0 Å². The van der Waals surface area contributed by atoms with E-state index in [9.17, 15) is 8.42 Å². The number of anilines is 2. The van der Waals surface area contributed by atoms with Gasteiger partial charge in [-0.15, -0.1) is 0 Å². The van der Waals surface area contributed by atoms with E-state index in [1.54, 1.807) is 55.6 Å². The Morgan fingerprint density at radius 1 is 0.833 bits per heavy atom. The van der Waals surface area contributed by atoms with E-state index in [-0.39, 0.29) is 4.90 Å². The molecule has 0 aromatic heterocycles. The van der Waals surface area contributed by atoms with E-state index >= 15 is 0 Å². The maximum Gasteiger partial charge on any atom is 0.261 e. The molecule has 0 bridgehead atoms. The van der Waals surface area contributed by atoms with Gasteiger partial charge in [0, 0.05) is 18.4 Å². The highest BCUT2D eigenvalue weighted by molar-refractivity contribution is 7.92. The van der Waals surface area contributed by atoms with Crippen molar-refractivity contribution in [2.24, 2.45) is 0 Å². The Bertz CT molecular complexity index is 607. The molecule has 0 aliphatic heterocycles. The predicted octanol–water partition coefficient (Wildman–Crippen LogP) is 2.53. The predicted molar refractivity (Wildman–Crippen MR) is 73.2 cm³/mol. The molecule has 0 spiro atoms. The second kappa shape index (κ2) is 5.10. The molecule has 2 aromatic rings. The molecule has 2 aromatic carbocycles. The average Bonchev–Trinajstić information content (AvgIpc) is 2.39. The van der Waals surface area contributed by atoms with Crippen LogP contribution in [0.5, 0.6) is 0 Å². The van der Waals surface area contributed by atoms with Crippen LogP contribution in [0.25, 0.3) is 0 Å². The number of benzene rings is 2. The Balaban J connectivity index is 2.25. The Kier molecular flexibility index (Phi) is 3.53. The van der Waals surface area contributed by atoms with Gasteiger partial charge in [0.25, 0.3) is 10.0 Å². The van der Waals surface area contributed by atoms with Crippen molar-refractivity contribution in [3.8, 4) is 0 Å². The first-order valence-corrected chi connectivity index (χ1v) is 6.96. The topological polar surface area (TPSA) is 58.2 Å². The summed E-state index contributed by atoms with van der Waals surface area (Å²) in [5.41, 5.74) is 1.42. The molecular weight excluding hydrogens is 248 g/mol. The molecule has 0 atom stereocenters. The molecule has 0 saturated carbocycles. The SMILES string of the molecule is CNc1ccc(S(=O)(=O)Nc2ccccc2)cc1. The van der Waals surface area contributed by atoms with Crippen molar-refractivity contribution in [3.63, 3.8) is 0 Å². The number of rotatable bonds is 4. The molecule has 0 unspecified atom stereocenters. The minimum Gasteiger partial charge on any atom is -0.388 e. The molecule has 0 saturated heterocycles. The largest absolute Gasteiger partial charge is 0.388 e. The van der Waals surface area contributed by atoms with Gasteiger partial charge in [0.05, 0.1) is 4.90 Å². The third-order valence-electron chi connectivity index (χ3n) is 2.48. The van der Waals surface area contributed by atoms with Gasteiger partial charge in [0.2, 0.25) is 0 Å². The third kappa shape index (κ3) is 2.81. The van der Waals surface area contributed by atoms with Crippen molar-refractivity contribution >= 4 is 21.4 Å². The lowest BCUT2D eigenvalue weighted by Gasteiger charge is -2.08. The van der Waals surface area contributed by atoms with Gasteiger partial charge in [0.15, 0.2) is 0 Å². The number of hydrogen-bond donors (Lipinski definition) is 2. The molecule has 0 aliphatic rings. The van der Waals surface area contributed by atoms with Gasteiger partial charge in [-0.3, -0.25) is 4.72 Å². The Morgan fingerprint density at radius 2 is 1.44 bits per heavy atom.